The van der Waals surface area contributed by atoms with Crippen LogP contribution in [-0.4, -0.2) is 30.0 Å². The van der Waals surface area contributed by atoms with Crippen molar-refractivity contribution < 1.29 is 19.2 Å². The van der Waals surface area contributed by atoms with Gasteiger partial charge in [-0.15, -0.1) is 0 Å². The second kappa shape index (κ2) is 9.73. The van der Waals surface area contributed by atoms with E-state index in [1.54, 1.807) is 0 Å². The van der Waals surface area contributed by atoms with Crippen molar-refractivity contribution in [1.29, 1.82) is 0 Å². The number of nitrogens with one attached hydrogen (secondary N) is 1. The van der Waals surface area contributed by atoms with Crippen LogP contribution in [0.2, 0.25) is 0 Å². The number of esters is 1. The molecule has 0 radical (unpaired) electrons. The highest BCUT2D eigenvalue weighted by Crippen LogP contribution is 2.12. The number of rotatable bonds is 8. The Morgan fingerprint density at radius 1 is 1.08 bits per heavy atom. The maximum absolute atomic E-state index is 11.6. The number of ether oxygens (including phenoxy) is 1. The largest absolute Gasteiger partial charge is 0.452 e. The molecule has 0 heterocycles. The van der Waals surface area contributed by atoms with Crippen LogP contribution in [0.15, 0.2) is 60.7 Å². The lowest BCUT2D eigenvalue weighted by Gasteiger charge is -2.05. The van der Waals surface area contributed by atoms with E-state index in [2.05, 4.69) is 5.32 Å². The van der Waals surface area contributed by atoms with E-state index in [-0.39, 0.29) is 18.2 Å². The van der Waals surface area contributed by atoms with Gasteiger partial charge in [-0.05, 0) is 35.8 Å². The van der Waals surface area contributed by atoms with Gasteiger partial charge in [0, 0.05) is 24.8 Å². The van der Waals surface area contributed by atoms with E-state index in [0.29, 0.717) is 18.5 Å². The van der Waals surface area contributed by atoms with Crippen LogP contribution in [0.25, 0.3) is 6.08 Å². The fourth-order valence-corrected chi connectivity index (χ4v) is 2.10. The van der Waals surface area contributed by atoms with Crippen molar-refractivity contribution in [2.24, 2.45) is 0 Å². The van der Waals surface area contributed by atoms with Gasteiger partial charge in [-0.2, -0.15) is 0 Å². The van der Waals surface area contributed by atoms with Crippen molar-refractivity contribution in [2.45, 2.75) is 6.42 Å². The first-order valence-corrected chi connectivity index (χ1v) is 7.94. The second-order valence-corrected chi connectivity index (χ2v) is 5.38. The molecule has 0 atom stereocenters. The maximum atomic E-state index is 11.6. The SMILES string of the molecule is O=C(COC(=O)/C=C/c1ccc([N+](=O)[O-])cc1)NCCc1ccccc1. The molecule has 0 unspecified atom stereocenters. The summed E-state index contributed by atoms with van der Waals surface area (Å²) in [6.45, 7) is 0.0945. The van der Waals surface area contributed by atoms with Gasteiger partial charge in [0.15, 0.2) is 6.61 Å². The molecule has 0 saturated carbocycles. The van der Waals surface area contributed by atoms with Crippen molar-refractivity contribution in [3.63, 3.8) is 0 Å². The molecule has 2 rings (SSSR count). The molecule has 1 N–H and O–H groups in total. The molecule has 0 bridgehead atoms. The van der Waals surface area contributed by atoms with E-state index in [4.69, 9.17) is 4.74 Å². The molecule has 134 valence electrons. The summed E-state index contributed by atoms with van der Waals surface area (Å²) in [5.41, 5.74) is 1.69. The van der Waals surface area contributed by atoms with E-state index in [1.165, 1.54) is 36.4 Å². The highest BCUT2D eigenvalue weighted by atomic mass is 16.6. The predicted octanol–water partition coefficient (Wildman–Crippen LogP) is 2.51. The minimum atomic E-state index is -0.665. The van der Waals surface area contributed by atoms with Crippen LogP contribution in [-0.2, 0) is 20.7 Å². The first-order valence-electron chi connectivity index (χ1n) is 7.94. The third kappa shape index (κ3) is 6.56. The summed E-state index contributed by atoms with van der Waals surface area (Å²) in [6.07, 6.45) is 3.32. The van der Waals surface area contributed by atoms with Gasteiger partial charge >= 0.3 is 5.97 Å². The zero-order valence-electron chi connectivity index (χ0n) is 14.0. The number of amides is 1. The van der Waals surface area contributed by atoms with Crippen LogP contribution >= 0.6 is 0 Å². The monoisotopic (exact) mass is 354 g/mol. The molecule has 0 aromatic heterocycles. The first-order chi connectivity index (χ1) is 12.5. The Morgan fingerprint density at radius 3 is 2.42 bits per heavy atom. The van der Waals surface area contributed by atoms with E-state index < -0.39 is 10.9 Å². The van der Waals surface area contributed by atoms with Crippen molar-refractivity contribution >= 4 is 23.6 Å². The summed E-state index contributed by atoms with van der Waals surface area (Å²) < 4.78 is 4.84. The van der Waals surface area contributed by atoms with E-state index in [9.17, 15) is 19.7 Å². The number of non-ortho nitro benzene ring substituents is 1. The Labute approximate surface area is 150 Å². The molecule has 0 aliphatic rings. The lowest BCUT2D eigenvalue weighted by Crippen LogP contribution is -2.30. The molecule has 0 aliphatic carbocycles. The highest BCUT2D eigenvalue weighted by molar-refractivity contribution is 5.89. The Hall–Kier alpha value is -3.48. The second-order valence-electron chi connectivity index (χ2n) is 5.38. The van der Waals surface area contributed by atoms with Crippen molar-refractivity contribution in [2.75, 3.05) is 13.2 Å². The fraction of sp³-hybridized carbons (Fsp3) is 0.158. The Morgan fingerprint density at radius 2 is 1.77 bits per heavy atom. The average Bonchev–Trinajstić information content (AvgIpc) is 2.66. The quantitative estimate of drug-likeness (QED) is 0.340. The summed E-state index contributed by atoms with van der Waals surface area (Å²) in [4.78, 5) is 33.3. The molecule has 2 aromatic carbocycles. The molecular weight excluding hydrogens is 336 g/mol. The van der Waals surface area contributed by atoms with Crippen LogP contribution < -0.4 is 5.32 Å². The molecule has 0 aliphatic heterocycles. The van der Waals surface area contributed by atoms with E-state index in [0.717, 1.165) is 5.56 Å². The topological polar surface area (TPSA) is 98.5 Å². The van der Waals surface area contributed by atoms with Gasteiger partial charge in [0.1, 0.15) is 0 Å². The number of carbonyl (C=O) groups is 2. The first kappa shape index (κ1) is 18.9. The Kier molecular flexibility index (Phi) is 7.05. The van der Waals surface area contributed by atoms with Gasteiger partial charge in [-0.25, -0.2) is 4.79 Å². The van der Waals surface area contributed by atoms with Gasteiger partial charge in [-0.1, -0.05) is 30.3 Å². The Bertz CT molecular complexity index is 785. The molecule has 2 aromatic rings. The van der Waals surface area contributed by atoms with Gasteiger partial charge in [0.05, 0.1) is 4.92 Å². The number of nitro benzene ring substituents is 1. The number of hydrogen-bond acceptors (Lipinski definition) is 5. The minimum absolute atomic E-state index is 0.0306. The zero-order valence-corrected chi connectivity index (χ0v) is 14.0. The van der Waals surface area contributed by atoms with Gasteiger partial charge in [0.25, 0.3) is 11.6 Å². The van der Waals surface area contributed by atoms with Crippen LogP contribution in [0.4, 0.5) is 5.69 Å². The summed E-state index contributed by atoms with van der Waals surface area (Å²) >= 11 is 0. The van der Waals surface area contributed by atoms with Gasteiger partial charge in [0.2, 0.25) is 0 Å². The summed E-state index contributed by atoms with van der Waals surface area (Å²) in [5, 5.41) is 13.2. The minimum Gasteiger partial charge on any atom is -0.452 e. The van der Waals surface area contributed by atoms with Crippen molar-refractivity contribution in [3.8, 4) is 0 Å². The van der Waals surface area contributed by atoms with Crippen LogP contribution in [0.1, 0.15) is 11.1 Å². The summed E-state index contributed by atoms with van der Waals surface area (Å²) in [6, 6.07) is 15.4. The average molecular weight is 354 g/mol. The number of benzene rings is 2. The lowest BCUT2D eigenvalue weighted by molar-refractivity contribution is -0.384. The predicted molar refractivity (Wildman–Crippen MR) is 96.2 cm³/mol. The number of hydrogen-bond donors (Lipinski definition) is 1. The highest BCUT2D eigenvalue weighted by Gasteiger charge is 2.05. The molecule has 26 heavy (non-hydrogen) atoms. The third-order valence-electron chi connectivity index (χ3n) is 3.44. The number of nitrogens with zero attached hydrogens (tertiary/aromatic N) is 1. The molecule has 1 amide bonds. The van der Waals surface area contributed by atoms with Crippen LogP contribution in [0.5, 0.6) is 0 Å². The molecular formula is C19H18N2O5. The lowest BCUT2D eigenvalue weighted by atomic mass is 10.1. The standard InChI is InChI=1S/C19H18N2O5/c22-18(20-13-12-15-4-2-1-3-5-15)14-26-19(23)11-8-16-6-9-17(10-7-16)21(24)25/h1-11H,12-14H2,(H,20,22)/b11-8+. The van der Waals surface area contributed by atoms with Gasteiger partial charge < -0.3 is 10.1 Å². The van der Waals surface area contributed by atoms with Crippen molar-refractivity contribution in [1.82, 2.24) is 5.32 Å². The number of nitro groups is 1. The van der Waals surface area contributed by atoms with Crippen molar-refractivity contribution in [3.05, 3.63) is 81.9 Å². The molecule has 7 nitrogen and oxygen atoms in total. The van der Waals surface area contributed by atoms with E-state index >= 15 is 0 Å². The normalized spacial score (nSPS) is 10.5. The number of carbonyl (C=O) groups excluding carboxylic acids is 2. The summed E-state index contributed by atoms with van der Waals surface area (Å²) in [7, 11) is 0. The fourth-order valence-electron chi connectivity index (χ4n) is 2.10. The molecule has 7 heteroatoms. The third-order valence-corrected chi connectivity index (χ3v) is 3.44. The molecule has 0 saturated heterocycles. The molecule has 0 spiro atoms. The van der Waals surface area contributed by atoms with Crippen LogP contribution in [0, 0.1) is 10.1 Å². The van der Waals surface area contributed by atoms with Gasteiger partial charge in [-0.3, -0.25) is 14.9 Å². The van der Waals surface area contributed by atoms with E-state index in [1.807, 2.05) is 30.3 Å². The Balaban J connectivity index is 1.68. The summed E-state index contributed by atoms with van der Waals surface area (Å²) in [5.74, 6) is -1.04. The molecule has 0 fully saturated rings. The smallest absolute Gasteiger partial charge is 0.331 e. The zero-order chi connectivity index (χ0) is 18.8. The van der Waals surface area contributed by atoms with Crippen LogP contribution in [0.3, 0.4) is 0 Å². The maximum Gasteiger partial charge on any atom is 0.331 e.